The Balaban J connectivity index is 3.07. The fourth-order valence-corrected chi connectivity index (χ4v) is 5.33. The average molecular weight is 218 g/mol. The van der Waals surface area contributed by atoms with Crippen molar-refractivity contribution in [2.75, 3.05) is 11.5 Å². The van der Waals surface area contributed by atoms with Gasteiger partial charge in [-0.2, -0.15) is 8.42 Å². The monoisotopic (exact) mass is 217 g/mol. The summed E-state index contributed by atoms with van der Waals surface area (Å²) in [6.07, 6.45) is 1.55. The van der Waals surface area contributed by atoms with E-state index in [0.717, 1.165) is 12.8 Å². The third-order valence-electron chi connectivity index (χ3n) is 1.40. The second kappa shape index (κ2) is 2.91. The van der Waals surface area contributed by atoms with E-state index in [2.05, 4.69) is 3.77 Å². The van der Waals surface area contributed by atoms with E-state index in [-0.39, 0.29) is 0 Å². The maximum absolute atomic E-state index is 11.4. The lowest BCUT2D eigenvalue weighted by Crippen LogP contribution is -2.02. The zero-order valence-corrected chi connectivity index (χ0v) is 8.08. The van der Waals surface area contributed by atoms with Crippen molar-refractivity contribution in [3.05, 3.63) is 0 Å². The predicted molar refractivity (Wildman–Crippen MR) is 44.3 cm³/mol. The van der Waals surface area contributed by atoms with E-state index in [9.17, 15) is 12.6 Å². The van der Waals surface area contributed by atoms with E-state index in [1.54, 1.807) is 0 Å². The Morgan fingerprint density at radius 3 is 2.09 bits per heavy atom. The van der Waals surface area contributed by atoms with Crippen molar-refractivity contribution in [3.63, 3.8) is 0 Å². The quantitative estimate of drug-likeness (QED) is 0.609. The first-order chi connectivity index (χ1) is 4.91. The van der Waals surface area contributed by atoms with Crippen LogP contribution >= 0.6 is 10.7 Å². The van der Waals surface area contributed by atoms with Crippen LogP contribution in [0.1, 0.15) is 12.8 Å². The molecule has 0 aromatic heterocycles. The van der Waals surface area contributed by atoms with Crippen LogP contribution in [0.4, 0.5) is 0 Å². The van der Waals surface area contributed by atoms with Crippen LogP contribution in [0.5, 0.6) is 0 Å². The van der Waals surface area contributed by atoms with Gasteiger partial charge in [-0.3, -0.25) is 0 Å². The molecule has 4 nitrogen and oxygen atoms in total. The van der Waals surface area contributed by atoms with Gasteiger partial charge >= 0.3 is 9.24 Å². The number of hydrogen-bond donors (Lipinski definition) is 0. The standard InChI is InChI=1S/C4H8ClNO3S2/c5-11(8,9)6-10(7)3-1-2-4-10/h1-4H2. The summed E-state index contributed by atoms with van der Waals surface area (Å²) in [5, 5.41) is 0. The number of rotatable bonds is 1. The Hall–Kier alpha value is 0.190. The van der Waals surface area contributed by atoms with Gasteiger partial charge in [0.15, 0.2) is 0 Å². The van der Waals surface area contributed by atoms with Gasteiger partial charge in [0.25, 0.3) is 0 Å². The molecule has 11 heavy (non-hydrogen) atoms. The van der Waals surface area contributed by atoms with Crippen molar-refractivity contribution >= 4 is 29.6 Å². The van der Waals surface area contributed by atoms with Gasteiger partial charge in [0.1, 0.15) is 0 Å². The molecule has 1 heterocycles. The third kappa shape index (κ3) is 2.96. The van der Waals surface area contributed by atoms with Gasteiger partial charge in [-0.1, -0.05) is 3.77 Å². The van der Waals surface area contributed by atoms with Crippen LogP contribution in [0.2, 0.25) is 0 Å². The molecule has 0 N–H and O–H groups in total. The van der Waals surface area contributed by atoms with Crippen LogP contribution in [0.25, 0.3) is 0 Å². The Morgan fingerprint density at radius 2 is 1.73 bits per heavy atom. The Kier molecular flexibility index (Phi) is 2.46. The van der Waals surface area contributed by atoms with E-state index < -0.39 is 19.0 Å². The summed E-state index contributed by atoms with van der Waals surface area (Å²) in [6, 6.07) is 0. The highest BCUT2D eigenvalue weighted by atomic mass is 35.7. The topological polar surface area (TPSA) is 63.6 Å². The second-order valence-electron chi connectivity index (χ2n) is 2.37. The predicted octanol–water partition coefficient (Wildman–Crippen LogP) is 0.732. The molecule has 1 fully saturated rings. The summed E-state index contributed by atoms with van der Waals surface area (Å²) in [6.45, 7) is 0. The van der Waals surface area contributed by atoms with Crippen molar-refractivity contribution in [3.8, 4) is 0 Å². The van der Waals surface area contributed by atoms with Crippen LogP contribution in [-0.2, 0) is 19.0 Å². The Bertz CT molecular complexity index is 340. The van der Waals surface area contributed by atoms with Crippen molar-refractivity contribution in [2.45, 2.75) is 12.8 Å². The number of halogens is 1. The molecule has 0 amide bonds. The molecule has 1 saturated heterocycles. The van der Waals surface area contributed by atoms with Gasteiger partial charge in [0, 0.05) is 22.2 Å². The fourth-order valence-electron chi connectivity index (χ4n) is 0.994. The SMILES string of the molecule is O=S(=O)(Cl)N=S1(=O)CCCC1. The highest BCUT2D eigenvalue weighted by molar-refractivity contribution is 8.17. The van der Waals surface area contributed by atoms with Gasteiger partial charge < -0.3 is 0 Å². The smallest absolute Gasteiger partial charge is 0.249 e. The molecule has 0 aromatic carbocycles. The molecular weight excluding hydrogens is 210 g/mol. The van der Waals surface area contributed by atoms with E-state index in [4.69, 9.17) is 10.7 Å². The lowest BCUT2D eigenvalue weighted by molar-refractivity contribution is 0.611. The van der Waals surface area contributed by atoms with Crippen molar-refractivity contribution in [1.82, 2.24) is 0 Å². The normalized spacial score (nSPS) is 23.4. The second-order valence-corrected chi connectivity index (χ2v) is 7.33. The third-order valence-corrected chi connectivity index (χ3v) is 5.56. The van der Waals surface area contributed by atoms with Gasteiger partial charge in [0.05, 0.1) is 9.73 Å². The first-order valence-corrected chi connectivity index (χ1v) is 7.22. The molecule has 7 heteroatoms. The minimum absolute atomic E-state index is 0.360. The summed E-state index contributed by atoms with van der Waals surface area (Å²) < 4.78 is 35.3. The van der Waals surface area contributed by atoms with Crippen molar-refractivity contribution in [2.24, 2.45) is 3.77 Å². The van der Waals surface area contributed by atoms with Crippen LogP contribution in [0, 0.1) is 0 Å². The van der Waals surface area contributed by atoms with Crippen LogP contribution < -0.4 is 0 Å². The van der Waals surface area contributed by atoms with E-state index in [0.29, 0.717) is 11.5 Å². The molecule has 0 unspecified atom stereocenters. The largest absolute Gasteiger partial charge is 0.347 e. The maximum atomic E-state index is 11.4. The molecule has 1 aliphatic heterocycles. The molecular formula is C4H8ClNO3S2. The molecule has 0 spiro atoms. The maximum Gasteiger partial charge on any atom is 0.347 e. The minimum Gasteiger partial charge on any atom is -0.249 e. The molecule has 0 atom stereocenters. The van der Waals surface area contributed by atoms with Crippen LogP contribution in [-0.4, -0.2) is 24.1 Å². The Labute approximate surface area is 70.7 Å². The molecule has 0 bridgehead atoms. The summed E-state index contributed by atoms with van der Waals surface area (Å²) in [5.41, 5.74) is 0. The van der Waals surface area contributed by atoms with Crippen LogP contribution in [0.3, 0.4) is 0 Å². The number of nitrogens with zero attached hydrogens (tertiary/aromatic N) is 1. The molecule has 0 aromatic rings. The summed E-state index contributed by atoms with van der Waals surface area (Å²) in [4.78, 5) is 0. The van der Waals surface area contributed by atoms with Gasteiger partial charge in [-0.15, -0.1) is 0 Å². The highest BCUT2D eigenvalue weighted by Gasteiger charge is 2.19. The van der Waals surface area contributed by atoms with Crippen molar-refractivity contribution in [1.29, 1.82) is 0 Å². The molecule has 66 valence electrons. The van der Waals surface area contributed by atoms with Gasteiger partial charge in [-0.05, 0) is 12.8 Å². The average Bonchev–Trinajstić information content (AvgIpc) is 2.09. The number of hydrogen-bond acceptors (Lipinski definition) is 3. The molecule has 1 rings (SSSR count). The molecule has 0 aliphatic carbocycles. The summed E-state index contributed by atoms with van der Waals surface area (Å²) in [7, 11) is -1.62. The minimum atomic E-state index is -3.94. The van der Waals surface area contributed by atoms with Gasteiger partial charge in [0.2, 0.25) is 0 Å². The Morgan fingerprint density at radius 1 is 1.27 bits per heavy atom. The summed E-state index contributed by atoms with van der Waals surface area (Å²) >= 11 is 0. The fraction of sp³-hybridized carbons (Fsp3) is 1.00. The highest BCUT2D eigenvalue weighted by Crippen LogP contribution is 2.16. The first-order valence-electron chi connectivity index (χ1n) is 3.10. The lowest BCUT2D eigenvalue weighted by Gasteiger charge is -1.94. The van der Waals surface area contributed by atoms with Crippen molar-refractivity contribution < 1.29 is 12.6 Å². The zero-order valence-electron chi connectivity index (χ0n) is 5.69. The molecule has 1 aliphatic rings. The van der Waals surface area contributed by atoms with Gasteiger partial charge in [-0.25, -0.2) is 4.21 Å². The van der Waals surface area contributed by atoms with E-state index >= 15 is 0 Å². The molecule has 0 radical (unpaired) electrons. The zero-order chi connectivity index (χ0) is 8.54. The van der Waals surface area contributed by atoms with E-state index in [1.807, 2.05) is 0 Å². The van der Waals surface area contributed by atoms with E-state index in [1.165, 1.54) is 0 Å². The molecule has 0 saturated carbocycles. The summed E-state index contributed by atoms with van der Waals surface area (Å²) in [5.74, 6) is 0.720. The first kappa shape index (κ1) is 9.28. The lowest BCUT2D eigenvalue weighted by atomic mass is 10.4. The van der Waals surface area contributed by atoms with Crippen LogP contribution in [0.15, 0.2) is 3.77 Å².